The third-order valence-electron chi connectivity index (χ3n) is 4.90. The maximum Gasteiger partial charge on any atom is 0.410 e. The van der Waals surface area contributed by atoms with Crippen molar-refractivity contribution in [2.45, 2.75) is 51.9 Å². The molecule has 0 spiro atoms. The number of benzene rings is 1. The highest BCUT2D eigenvalue weighted by Gasteiger charge is 2.29. The van der Waals surface area contributed by atoms with Gasteiger partial charge in [0.15, 0.2) is 0 Å². The quantitative estimate of drug-likeness (QED) is 0.804. The Balaban J connectivity index is 1.45. The van der Waals surface area contributed by atoms with Crippen molar-refractivity contribution in [1.82, 2.24) is 15.2 Å². The van der Waals surface area contributed by atoms with Crippen molar-refractivity contribution in [2.75, 3.05) is 25.0 Å². The first kappa shape index (κ1) is 21.1. The van der Waals surface area contributed by atoms with Gasteiger partial charge in [0, 0.05) is 45.5 Å². The second-order valence-electron chi connectivity index (χ2n) is 8.66. The number of amides is 1. The van der Waals surface area contributed by atoms with Crippen molar-refractivity contribution in [1.29, 1.82) is 0 Å². The summed E-state index contributed by atoms with van der Waals surface area (Å²) in [6.07, 6.45) is 2.63. The van der Waals surface area contributed by atoms with E-state index in [9.17, 15) is 4.79 Å². The number of carbonyl (C=O) groups is 1. The lowest BCUT2D eigenvalue weighted by atomic mass is 10.2. The molecule has 1 aromatic carbocycles. The summed E-state index contributed by atoms with van der Waals surface area (Å²) >= 11 is 0. The molecule has 1 aliphatic rings. The van der Waals surface area contributed by atoms with E-state index in [1.807, 2.05) is 33.0 Å². The molecule has 1 N–H and O–H groups in total. The minimum Gasteiger partial charge on any atom is -0.444 e. The number of anilines is 1. The van der Waals surface area contributed by atoms with Gasteiger partial charge in [0.05, 0.1) is 0 Å². The molecule has 29 heavy (non-hydrogen) atoms. The lowest BCUT2D eigenvalue weighted by molar-refractivity contribution is 0.0291. The Morgan fingerprint density at radius 1 is 1.21 bits per heavy atom. The molecule has 156 valence electrons. The van der Waals surface area contributed by atoms with Gasteiger partial charge in [-0.3, -0.25) is 0 Å². The molecular formula is C23H32N4O2. The summed E-state index contributed by atoms with van der Waals surface area (Å²) in [5.41, 5.74) is 1.94. The number of nitrogens with one attached hydrogen (secondary N) is 1. The summed E-state index contributed by atoms with van der Waals surface area (Å²) in [7, 11) is 2.05. The van der Waals surface area contributed by atoms with Crippen molar-refractivity contribution in [3.8, 4) is 0 Å². The molecule has 1 atom stereocenters. The van der Waals surface area contributed by atoms with Gasteiger partial charge in [-0.2, -0.15) is 0 Å². The minimum atomic E-state index is -0.455. The third-order valence-corrected chi connectivity index (χ3v) is 4.90. The van der Waals surface area contributed by atoms with Crippen LogP contribution in [0.4, 0.5) is 10.6 Å². The van der Waals surface area contributed by atoms with Gasteiger partial charge in [0.25, 0.3) is 0 Å². The molecule has 2 heterocycles. The molecule has 0 bridgehead atoms. The third kappa shape index (κ3) is 6.46. The predicted octanol–water partition coefficient (Wildman–Crippen LogP) is 3.82. The summed E-state index contributed by atoms with van der Waals surface area (Å²) in [6.45, 7) is 8.66. The smallest absolute Gasteiger partial charge is 0.410 e. The molecule has 0 aliphatic carbocycles. The van der Waals surface area contributed by atoms with Gasteiger partial charge in [-0.25, -0.2) is 9.78 Å². The average molecular weight is 397 g/mol. The lowest BCUT2D eigenvalue weighted by Gasteiger charge is -2.24. The monoisotopic (exact) mass is 396 g/mol. The highest BCUT2D eigenvalue weighted by molar-refractivity contribution is 5.68. The molecule has 3 rings (SSSR count). The van der Waals surface area contributed by atoms with Crippen molar-refractivity contribution in [3.63, 3.8) is 0 Å². The lowest BCUT2D eigenvalue weighted by Crippen LogP contribution is -2.38. The van der Waals surface area contributed by atoms with Crippen LogP contribution in [0.15, 0.2) is 48.7 Å². The molecule has 1 aromatic heterocycles. The molecule has 1 amide bonds. The summed E-state index contributed by atoms with van der Waals surface area (Å²) in [5.74, 6) is 0.953. The van der Waals surface area contributed by atoms with E-state index in [0.29, 0.717) is 6.54 Å². The Hall–Kier alpha value is -2.60. The van der Waals surface area contributed by atoms with Crippen molar-refractivity contribution >= 4 is 11.9 Å². The molecular weight excluding hydrogens is 364 g/mol. The van der Waals surface area contributed by atoms with Crippen LogP contribution in [0, 0.1) is 0 Å². The van der Waals surface area contributed by atoms with E-state index in [1.165, 1.54) is 5.56 Å². The standard InChI is InChI=1S/C23H32N4O2/c1-23(2,3)29-22(28)27-13-12-20(17-27)24-14-19-10-11-21(25-15-19)26(4)16-18-8-6-5-7-9-18/h5-11,15,20,24H,12-14,16-17H2,1-4H3. The Labute approximate surface area is 173 Å². The Morgan fingerprint density at radius 3 is 2.62 bits per heavy atom. The van der Waals surface area contributed by atoms with E-state index in [-0.39, 0.29) is 12.1 Å². The Kier molecular flexibility index (Phi) is 6.75. The number of aromatic nitrogens is 1. The highest BCUT2D eigenvalue weighted by atomic mass is 16.6. The van der Waals surface area contributed by atoms with Crippen molar-refractivity contribution < 1.29 is 9.53 Å². The molecule has 1 unspecified atom stereocenters. The summed E-state index contributed by atoms with van der Waals surface area (Å²) < 4.78 is 5.46. The largest absolute Gasteiger partial charge is 0.444 e. The first-order valence-corrected chi connectivity index (χ1v) is 10.2. The first-order valence-electron chi connectivity index (χ1n) is 10.2. The molecule has 6 nitrogen and oxygen atoms in total. The molecule has 1 saturated heterocycles. The fraction of sp³-hybridized carbons (Fsp3) is 0.478. The van der Waals surface area contributed by atoms with Crippen LogP contribution in [-0.4, -0.2) is 47.8 Å². The van der Waals surface area contributed by atoms with E-state index in [1.54, 1.807) is 4.90 Å². The van der Waals surface area contributed by atoms with E-state index in [0.717, 1.165) is 37.4 Å². The number of rotatable bonds is 6. The second-order valence-corrected chi connectivity index (χ2v) is 8.66. The number of hydrogen-bond donors (Lipinski definition) is 1. The Morgan fingerprint density at radius 2 is 1.97 bits per heavy atom. The number of nitrogens with zero attached hydrogens (tertiary/aromatic N) is 3. The van der Waals surface area contributed by atoms with Gasteiger partial charge in [-0.15, -0.1) is 0 Å². The molecule has 0 saturated carbocycles. The van der Waals surface area contributed by atoms with Crippen LogP contribution < -0.4 is 10.2 Å². The first-order chi connectivity index (χ1) is 13.8. The number of pyridine rings is 1. The van der Waals surface area contributed by atoms with E-state index in [2.05, 4.69) is 58.6 Å². The van der Waals surface area contributed by atoms with Gasteiger partial charge in [0.2, 0.25) is 0 Å². The van der Waals surface area contributed by atoms with E-state index < -0.39 is 5.60 Å². The highest BCUT2D eigenvalue weighted by Crippen LogP contribution is 2.17. The van der Waals surface area contributed by atoms with Gasteiger partial charge >= 0.3 is 6.09 Å². The van der Waals surface area contributed by atoms with Crippen LogP contribution >= 0.6 is 0 Å². The summed E-state index contributed by atoms with van der Waals surface area (Å²) in [5, 5.41) is 3.53. The van der Waals surface area contributed by atoms with Crippen LogP contribution in [-0.2, 0) is 17.8 Å². The van der Waals surface area contributed by atoms with Crippen LogP contribution in [0.2, 0.25) is 0 Å². The normalized spacial score (nSPS) is 16.7. The van der Waals surface area contributed by atoms with Crippen LogP contribution in [0.1, 0.15) is 38.3 Å². The number of hydrogen-bond acceptors (Lipinski definition) is 5. The molecule has 6 heteroatoms. The van der Waals surface area contributed by atoms with Crippen LogP contribution in [0.25, 0.3) is 0 Å². The van der Waals surface area contributed by atoms with Crippen molar-refractivity contribution in [2.24, 2.45) is 0 Å². The predicted molar refractivity (Wildman–Crippen MR) is 116 cm³/mol. The van der Waals surface area contributed by atoms with Gasteiger partial charge < -0.3 is 19.9 Å². The molecule has 1 aliphatic heterocycles. The van der Waals surface area contributed by atoms with Gasteiger partial charge in [0.1, 0.15) is 11.4 Å². The van der Waals surface area contributed by atoms with Gasteiger partial charge in [-0.05, 0) is 44.4 Å². The number of likely N-dealkylation sites (tertiary alicyclic amines) is 1. The average Bonchev–Trinajstić information content (AvgIpc) is 3.15. The minimum absolute atomic E-state index is 0.228. The topological polar surface area (TPSA) is 57.7 Å². The van der Waals surface area contributed by atoms with Crippen LogP contribution in [0.5, 0.6) is 0 Å². The van der Waals surface area contributed by atoms with Gasteiger partial charge in [-0.1, -0.05) is 36.4 Å². The fourth-order valence-electron chi connectivity index (χ4n) is 3.37. The fourth-order valence-corrected chi connectivity index (χ4v) is 3.37. The Bertz CT molecular complexity index is 787. The number of ether oxygens (including phenoxy) is 1. The molecule has 2 aromatic rings. The van der Waals surface area contributed by atoms with E-state index in [4.69, 9.17) is 4.74 Å². The second kappa shape index (κ2) is 9.27. The zero-order chi connectivity index (χ0) is 20.9. The number of carbonyl (C=O) groups excluding carboxylic acids is 1. The maximum absolute atomic E-state index is 12.2. The summed E-state index contributed by atoms with van der Waals surface area (Å²) in [4.78, 5) is 20.7. The molecule has 1 fully saturated rings. The van der Waals surface area contributed by atoms with Crippen molar-refractivity contribution in [3.05, 3.63) is 59.8 Å². The summed E-state index contributed by atoms with van der Waals surface area (Å²) in [6, 6.07) is 14.8. The zero-order valence-electron chi connectivity index (χ0n) is 17.9. The SMILES string of the molecule is CN(Cc1ccccc1)c1ccc(CNC2CCN(C(=O)OC(C)(C)C)C2)cn1. The van der Waals surface area contributed by atoms with E-state index >= 15 is 0 Å². The zero-order valence-corrected chi connectivity index (χ0v) is 17.9. The van der Waals surface area contributed by atoms with Crippen LogP contribution in [0.3, 0.4) is 0 Å². The maximum atomic E-state index is 12.2. The molecule has 0 radical (unpaired) electrons.